The number of amidine groups is 1. The Morgan fingerprint density at radius 1 is 1.29 bits per heavy atom. The molecule has 4 rings (SSSR count). The van der Waals surface area contributed by atoms with Gasteiger partial charge in [-0.05, 0) is 56.3 Å². The number of ether oxygens (including phenoxy) is 1. The van der Waals surface area contributed by atoms with Crippen molar-refractivity contribution in [3.8, 4) is 5.69 Å². The molecule has 31 heavy (non-hydrogen) atoms. The molecule has 2 aromatic heterocycles. The zero-order chi connectivity index (χ0) is 22.0. The number of rotatable bonds is 5. The molecule has 158 valence electrons. The molecule has 3 heterocycles. The first-order valence-corrected chi connectivity index (χ1v) is 11.1. The van der Waals surface area contributed by atoms with Crippen LogP contribution in [0, 0.1) is 13.8 Å². The van der Waals surface area contributed by atoms with E-state index in [0.717, 1.165) is 28.4 Å². The number of aryl methyl sites for hydroxylation is 2. The number of esters is 1. The third-order valence-electron chi connectivity index (χ3n) is 4.39. The van der Waals surface area contributed by atoms with Gasteiger partial charge in [-0.1, -0.05) is 23.5 Å². The van der Waals surface area contributed by atoms with Crippen LogP contribution < -0.4 is 5.32 Å². The van der Waals surface area contributed by atoms with Crippen molar-refractivity contribution < 1.29 is 14.3 Å². The molecular formula is C21H19N5O3S2. The number of imidazole rings is 1. The van der Waals surface area contributed by atoms with Gasteiger partial charge in [-0.2, -0.15) is 4.99 Å². The second-order valence-corrected chi connectivity index (χ2v) is 8.56. The number of hydrogen-bond donors (Lipinski definition) is 1. The molecule has 1 amide bonds. The van der Waals surface area contributed by atoms with Crippen molar-refractivity contribution in [1.82, 2.24) is 19.9 Å². The standard InChI is InChI=1S/C21H19N5O3S2/c1-4-29-19(28)17-12(2)23-20(31-17)25-21-24-18(27)16(30-21)11-14-5-7-15(8-6-14)26-10-9-22-13(26)3/h5-11H,4H2,1-3H3,(H,23,24,25,27)/b16-11-. The Morgan fingerprint density at radius 3 is 2.74 bits per heavy atom. The normalized spacial score (nSPS) is 16.2. The summed E-state index contributed by atoms with van der Waals surface area (Å²) in [6.07, 6.45) is 5.47. The Kier molecular flexibility index (Phi) is 6.01. The molecule has 1 fully saturated rings. The van der Waals surface area contributed by atoms with E-state index in [0.29, 0.717) is 32.4 Å². The summed E-state index contributed by atoms with van der Waals surface area (Å²) < 4.78 is 7.01. The number of thioether (sulfide) groups is 1. The van der Waals surface area contributed by atoms with Crippen LogP contribution in [0.2, 0.25) is 0 Å². The first kappa shape index (κ1) is 21.0. The van der Waals surface area contributed by atoms with E-state index in [1.807, 2.05) is 48.0 Å². The minimum atomic E-state index is -0.415. The minimum Gasteiger partial charge on any atom is -0.462 e. The number of nitrogens with zero attached hydrogens (tertiary/aromatic N) is 4. The van der Waals surface area contributed by atoms with E-state index in [2.05, 4.69) is 20.3 Å². The molecule has 0 aliphatic carbocycles. The van der Waals surface area contributed by atoms with Gasteiger partial charge in [0.1, 0.15) is 10.7 Å². The van der Waals surface area contributed by atoms with Gasteiger partial charge in [0, 0.05) is 18.1 Å². The van der Waals surface area contributed by atoms with Crippen molar-refractivity contribution in [3.63, 3.8) is 0 Å². The second-order valence-electron chi connectivity index (χ2n) is 6.55. The Morgan fingerprint density at radius 2 is 2.06 bits per heavy atom. The monoisotopic (exact) mass is 453 g/mol. The number of aliphatic imine (C=N–C) groups is 1. The lowest BCUT2D eigenvalue weighted by molar-refractivity contribution is -0.115. The molecule has 1 aliphatic heterocycles. The predicted octanol–water partition coefficient (Wildman–Crippen LogP) is 4.01. The Balaban J connectivity index is 1.50. The molecule has 0 atom stereocenters. The lowest BCUT2D eigenvalue weighted by Gasteiger charge is -2.05. The molecule has 8 nitrogen and oxygen atoms in total. The molecule has 1 aromatic carbocycles. The van der Waals surface area contributed by atoms with Crippen molar-refractivity contribution in [2.24, 2.45) is 4.99 Å². The number of nitrogens with one attached hydrogen (secondary N) is 1. The smallest absolute Gasteiger partial charge is 0.350 e. The van der Waals surface area contributed by atoms with Gasteiger partial charge in [-0.15, -0.1) is 0 Å². The van der Waals surface area contributed by atoms with Crippen LogP contribution in [0.4, 0.5) is 5.13 Å². The topological polar surface area (TPSA) is 98.5 Å². The Labute approximate surface area is 187 Å². The summed E-state index contributed by atoms with van der Waals surface area (Å²) in [5, 5.41) is 3.56. The summed E-state index contributed by atoms with van der Waals surface area (Å²) >= 11 is 2.37. The molecule has 1 saturated heterocycles. The predicted molar refractivity (Wildman–Crippen MR) is 122 cm³/mol. The number of hydrogen-bond acceptors (Lipinski definition) is 8. The van der Waals surface area contributed by atoms with Crippen molar-refractivity contribution in [3.05, 3.63) is 63.5 Å². The lowest BCUT2D eigenvalue weighted by atomic mass is 10.2. The quantitative estimate of drug-likeness (QED) is 0.463. The molecule has 1 aliphatic rings. The molecule has 0 saturated carbocycles. The van der Waals surface area contributed by atoms with Gasteiger partial charge in [-0.25, -0.2) is 14.8 Å². The lowest BCUT2D eigenvalue weighted by Crippen LogP contribution is -2.19. The maximum Gasteiger partial charge on any atom is 0.350 e. The fourth-order valence-corrected chi connectivity index (χ4v) is 4.64. The Bertz CT molecular complexity index is 1210. The number of benzene rings is 1. The number of aromatic nitrogens is 3. The van der Waals surface area contributed by atoms with Crippen molar-refractivity contribution in [2.75, 3.05) is 6.61 Å². The van der Waals surface area contributed by atoms with Gasteiger partial charge >= 0.3 is 5.97 Å². The maximum atomic E-state index is 12.4. The van der Waals surface area contributed by atoms with Crippen LogP contribution in [-0.4, -0.2) is 38.2 Å². The van der Waals surface area contributed by atoms with Crippen molar-refractivity contribution in [1.29, 1.82) is 0 Å². The largest absolute Gasteiger partial charge is 0.462 e. The van der Waals surface area contributed by atoms with Crippen LogP contribution >= 0.6 is 23.1 Å². The third kappa shape index (κ3) is 4.59. The van der Waals surface area contributed by atoms with E-state index in [4.69, 9.17) is 4.74 Å². The maximum absolute atomic E-state index is 12.4. The van der Waals surface area contributed by atoms with E-state index in [9.17, 15) is 9.59 Å². The number of amides is 1. The highest BCUT2D eigenvalue weighted by Crippen LogP contribution is 2.31. The molecule has 1 N–H and O–H groups in total. The van der Waals surface area contributed by atoms with E-state index < -0.39 is 5.97 Å². The highest BCUT2D eigenvalue weighted by Gasteiger charge is 2.25. The SMILES string of the molecule is CCOC(=O)c1sc(/N=C2\NC(=O)/C(=C/c3ccc(-n4ccnc4C)cc3)S2)nc1C. The van der Waals surface area contributed by atoms with Gasteiger partial charge in [-0.3, -0.25) is 4.79 Å². The second kappa shape index (κ2) is 8.86. The molecule has 0 bridgehead atoms. The van der Waals surface area contributed by atoms with Crippen LogP contribution in [0.25, 0.3) is 11.8 Å². The third-order valence-corrected chi connectivity index (χ3v) is 6.33. The molecule has 0 unspecified atom stereocenters. The van der Waals surface area contributed by atoms with Crippen molar-refractivity contribution >= 4 is 51.4 Å². The first-order chi connectivity index (χ1) is 14.9. The highest BCUT2D eigenvalue weighted by molar-refractivity contribution is 8.18. The fourth-order valence-electron chi connectivity index (χ4n) is 2.92. The van der Waals surface area contributed by atoms with Crippen LogP contribution in [-0.2, 0) is 9.53 Å². The van der Waals surface area contributed by atoms with E-state index in [1.54, 1.807) is 20.0 Å². The van der Waals surface area contributed by atoms with Crippen LogP contribution in [0.3, 0.4) is 0 Å². The van der Waals surface area contributed by atoms with Gasteiger partial charge < -0.3 is 14.6 Å². The number of carbonyl (C=O) groups excluding carboxylic acids is 2. The van der Waals surface area contributed by atoms with E-state index in [-0.39, 0.29) is 5.91 Å². The molecule has 10 heteroatoms. The summed E-state index contributed by atoms with van der Waals surface area (Å²) in [4.78, 5) is 38.2. The molecule has 0 spiro atoms. The summed E-state index contributed by atoms with van der Waals surface area (Å²) in [5.41, 5.74) is 2.45. The zero-order valence-corrected chi connectivity index (χ0v) is 18.7. The van der Waals surface area contributed by atoms with Crippen LogP contribution in [0.1, 0.15) is 33.7 Å². The van der Waals surface area contributed by atoms with Crippen molar-refractivity contribution in [2.45, 2.75) is 20.8 Å². The van der Waals surface area contributed by atoms with Gasteiger partial charge in [0.2, 0.25) is 5.13 Å². The molecule has 3 aromatic rings. The van der Waals surface area contributed by atoms with Crippen LogP contribution in [0.5, 0.6) is 0 Å². The summed E-state index contributed by atoms with van der Waals surface area (Å²) in [7, 11) is 0. The summed E-state index contributed by atoms with van der Waals surface area (Å²) in [6.45, 7) is 5.71. The fraction of sp³-hybridized carbons (Fsp3) is 0.190. The molecular weight excluding hydrogens is 434 g/mol. The average molecular weight is 454 g/mol. The van der Waals surface area contributed by atoms with E-state index >= 15 is 0 Å². The van der Waals surface area contributed by atoms with Gasteiger partial charge in [0.15, 0.2) is 5.17 Å². The number of carbonyl (C=O) groups is 2. The summed E-state index contributed by atoms with van der Waals surface area (Å²) in [5.74, 6) is 0.264. The van der Waals surface area contributed by atoms with Gasteiger partial charge in [0.25, 0.3) is 5.91 Å². The zero-order valence-electron chi connectivity index (χ0n) is 17.1. The van der Waals surface area contributed by atoms with Crippen LogP contribution in [0.15, 0.2) is 46.6 Å². The van der Waals surface area contributed by atoms with E-state index in [1.165, 1.54) is 11.8 Å². The summed E-state index contributed by atoms with van der Waals surface area (Å²) in [6, 6.07) is 7.84. The number of thiazole rings is 1. The average Bonchev–Trinajstić information content (AvgIpc) is 3.42. The first-order valence-electron chi connectivity index (χ1n) is 9.49. The molecule has 0 radical (unpaired) electrons. The minimum absolute atomic E-state index is 0.225. The highest BCUT2D eigenvalue weighted by atomic mass is 32.2. The van der Waals surface area contributed by atoms with Gasteiger partial charge in [0.05, 0.1) is 17.2 Å². The Hall–Kier alpha value is -3.24.